The minimum atomic E-state index is -4.89. The number of halogens is 4. The van der Waals surface area contributed by atoms with Crippen molar-refractivity contribution in [3.8, 4) is 11.4 Å². The van der Waals surface area contributed by atoms with Crippen LogP contribution in [0.15, 0.2) is 48.8 Å². The molecule has 0 spiro atoms. The molecule has 0 aliphatic carbocycles. The second kappa shape index (κ2) is 8.64. The third kappa shape index (κ3) is 4.07. The molecule has 9 nitrogen and oxygen atoms in total. The van der Waals surface area contributed by atoms with Gasteiger partial charge in [0, 0.05) is 38.2 Å². The van der Waals surface area contributed by atoms with E-state index in [4.69, 9.17) is 11.6 Å². The van der Waals surface area contributed by atoms with Gasteiger partial charge in [-0.05, 0) is 30.3 Å². The van der Waals surface area contributed by atoms with Gasteiger partial charge in [-0.2, -0.15) is 18.3 Å². The average molecular weight is 519 g/mol. The molecule has 1 aromatic carbocycles. The number of rotatable bonds is 4. The van der Waals surface area contributed by atoms with E-state index in [1.165, 1.54) is 53.0 Å². The molecule has 0 radical (unpaired) electrons. The zero-order valence-corrected chi connectivity index (χ0v) is 19.4. The van der Waals surface area contributed by atoms with E-state index < -0.39 is 41.0 Å². The number of carbonyl (C=O) groups excluding carboxylic acids is 2. The fourth-order valence-electron chi connectivity index (χ4n) is 4.12. The van der Waals surface area contributed by atoms with E-state index >= 15 is 0 Å². The molecule has 1 aliphatic rings. The van der Waals surface area contributed by atoms with Crippen molar-refractivity contribution in [2.24, 2.45) is 7.05 Å². The van der Waals surface area contributed by atoms with Gasteiger partial charge in [0.25, 0.3) is 11.8 Å². The molecule has 1 fully saturated rings. The summed E-state index contributed by atoms with van der Waals surface area (Å²) in [5.74, 6) is -1.45. The Morgan fingerprint density at radius 1 is 1.19 bits per heavy atom. The molecule has 36 heavy (non-hydrogen) atoms. The first-order valence-electron chi connectivity index (χ1n) is 10.7. The molecule has 0 bridgehead atoms. The molecular weight excluding hydrogens is 501 g/mol. The number of nitrogens with zero attached hydrogens (tertiary/aromatic N) is 5. The van der Waals surface area contributed by atoms with Crippen molar-refractivity contribution in [3.63, 3.8) is 0 Å². The van der Waals surface area contributed by atoms with Crippen molar-refractivity contribution < 1.29 is 27.9 Å². The highest BCUT2D eigenvalue weighted by Crippen LogP contribution is 2.39. The highest BCUT2D eigenvalue weighted by molar-refractivity contribution is 6.34. The molecule has 1 saturated heterocycles. The van der Waals surface area contributed by atoms with Gasteiger partial charge >= 0.3 is 6.18 Å². The van der Waals surface area contributed by atoms with Crippen LogP contribution in [-0.4, -0.2) is 60.2 Å². The molecule has 4 heterocycles. The van der Waals surface area contributed by atoms with Crippen LogP contribution in [0.3, 0.4) is 0 Å². The molecule has 0 saturated carbocycles. The van der Waals surface area contributed by atoms with Crippen LogP contribution in [0.4, 0.5) is 18.9 Å². The smallest absolute Gasteiger partial charge is 0.389 e. The minimum Gasteiger partial charge on any atom is -0.389 e. The van der Waals surface area contributed by atoms with Gasteiger partial charge in [-0.3, -0.25) is 18.7 Å². The lowest BCUT2D eigenvalue weighted by molar-refractivity contribution is -0.137. The summed E-state index contributed by atoms with van der Waals surface area (Å²) in [5, 5.41) is 15.8. The maximum absolute atomic E-state index is 14.2. The van der Waals surface area contributed by atoms with Gasteiger partial charge in [0.2, 0.25) is 0 Å². The molecular formula is C23H18ClF3N6O3. The Morgan fingerprint density at radius 2 is 1.94 bits per heavy atom. The Balaban J connectivity index is 1.49. The number of hydrogen-bond acceptors (Lipinski definition) is 5. The van der Waals surface area contributed by atoms with Crippen LogP contribution in [-0.2, 0) is 13.2 Å². The lowest BCUT2D eigenvalue weighted by Crippen LogP contribution is -2.53. The Morgan fingerprint density at radius 3 is 2.61 bits per heavy atom. The van der Waals surface area contributed by atoms with Gasteiger partial charge in [-0.15, -0.1) is 0 Å². The maximum Gasteiger partial charge on any atom is 0.420 e. The predicted molar refractivity (Wildman–Crippen MR) is 124 cm³/mol. The first-order chi connectivity index (χ1) is 17.0. The van der Waals surface area contributed by atoms with Gasteiger partial charge in [0.15, 0.2) is 0 Å². The summed E-state index contributed by atoms with van der Waals surface area (Å²) in [6, 6.07) is 8.65. The van der Waals surface area contributed by atoms with E-state index in [9.17, 15) is 27.9 Å². The highest BCUT2D eigenvalue weighted by atomic mass is 35.5. The van der Waals surface area contributed by atoms with Crippen molar-refractivity contribution in [1.82, 2.24) is 24.1 Å². The van der Waals surface area contributed by atoms with Crippen molar-refractivity contribution >= 4 is 34.7 Å². The molecule has 0 atom stereocenters. The highest BCUT2D eigenvalue weighted by Gasteiger charge is 2.42. The number of hydrogen-bond donors (Lipinski definition) is 2. The van der Waals surface area contributed by atoms with Crippen LogP contribution in [0.25, 0.3) is 17.0 Å². The summed E-state index contributed by atoms with van der Waals surface area (Å²) in [4.78, 5) is 31.0. The van der Waals surface area contributed by atoms with E-state index in [-0.39, 0.29) is 35.1 Å². The van der Waals surface area contributed by atoms with Gasteiger partial charge < -0.3 is 15.3 Å². The van der Waals surface area contributed by atoms with Crippen LogP contribution < -0.4 is 5.32 Å². The minimum absolute atomic E-state index is 0.00714. The predicted octanol–water partition coefficient (Wildman–Crippen LogP) is 3.48. The van der Waals surface area contributed by atoms with E-state index in [0.29, 0.717) is 5.65 Å². The maximum atomic E-state index is 14.2. The van der Waals surface area contributed by atoms with E-state index in [1.54, 1.807) is 12.1 Å². The van der Waals surface area contributed by atoms with E-state index in [1.807, 2.05) is 0 Å². The zero-order valence-electron chi connectivity index (χ0n) is 18.6. The largest absolute Gasteiger partial charge is 0.420 e. The van der Waals surface area contributed by atoms with Crippen molar-refractivity contribution in [3.05, 3.63) is 70.6 Å². The lowest BCUT2D eigenvalue weighted by atomic mass is 10.1. The van der Waals surface area contributed by atoms with Crippen LogP contribution in [0.2, 0.25) is 5.02 Å². The molecule has 2 amide bonds. The lowest BCUT2D eigenvalue weighted by Gasteiger charge is -2.36. The van der Waals surface area contributed by atoms with Gasteiger partial charge in [0.1, 0.15) is 22.6 Å². The second-order valence-electron chi connectivity index (χ2n) is 8.27. The number of pyridine rings is 1. The van der Waals surface area contributed by atoms with Gasteiger partial charge in [0.05, 0.1) is 22.4 Å². The first-order valence-corrected chi connectivity index (χ1v) is 11.1. The summed E-state index contributed by atoms with van der Waals surface area (Å²) in [7, 11) is 1.25. The Bertz CT molecular complexity index is 1510. The Kier molecular flexibility index (Phi) is 5.72. The number of nitrogens with one attached hydrogen (secondary N) is 1. The van der Waals surface area contributed by atoms with Crippen molar-refractivity contribution in [1.29, 1.82) is 0 Å². The van der Waals surface area contributed by atoms with Crippen LogP contribution in [0.1, 0.15) is 26.4 Å². The quantitative estimate of drug-likeness (QED) is 0.430. The number of aliphatic hydroxyl groups excluding tert-OH is 1. The summed E-state index contributed by atoms with van der Waals surface area (Å²) in [5.41, 5.74) is -1.53. The second-order valence-corrected chi connectivity index (χ2v) is 8.68. The third-order valence-electron chi connectivity index (χ3n) is 5.82. The number of imidazole rings is 1. The third-order valence-corrected chi connectivity index (χ3v) is 6.14. The average Bonchev–Trinajstić information content (AvgIpc) is 3.40. The number of carbonyl (C=O) groups is 2. The molecule has 0 unspecified atom stereocenters. The molecule has 5 rings (SSSR count). The summed E-state index contributed by atoms with van der Waals surface area (Å²) in [6.07, 6.45) is -2.52. The molecule has 4 aromatic rings. The number of benzene rings is 1. The molecule has 3 aromatic heterocycles. The van der Waals surface area contributed by atoms with Crippen LogP contribution in [0.5, 0.6) is 0 Å². The monoisotopic (exact) mass is 518 g/mol. The Hall–Kier alpha value is -3.90. The number of anilines is 1. The van der Waals surface area contributed by atoms with E-state index in [0.717, 1.165) is 4.68 Å². The number of alkyl halides is 3. The van der Waals surface area contributed by atoms with Crippen molar-refractivity contribution in [2.45, 2.75) is 12.3 Å². The zero-order chi connectivity index (χ0) is 25.8. The first kappa shape index (κ1) is 23.8. The normalized spacial score (nSPS) is 14.2. The summed E-state index contributed by atoms with van der Waals surface area (Å²) < 4.78 is 45.0. The number of aryl methyl sites for hydroxylation is 1. The number of fused-ring (bicyclic) bond motifs is 1. The number of β-amino-alcohol motifs (C(OH)–C–C–N with tert-alkyl or cyclic N) is 1. The number of aliphatic hydroxyl groups is 1. The Labute approximate surface area is 206 Å². The summed E-state index contributed by atoms with van der Waals surface area (Å²) >= 11 is 6.21. The van der Waals surface area contributed by atoms with Crippen LogP contribution in [0, 0.1) is 0 Å². The van der Waals surface area contributed by atoms with E-state index in [2.05, 4.69) is 15.4 Å². The van der Waals surface area contributed by atoms with Crippen LogP contribution >= 0.6 is 11.6 Å². The fraction of sp³-hybridized carbons (Fsp3) is 0.217. The van der Waals surface area contributed by atoms with Gasteiger partial charge in [-0.25, -0.2) is 4.98 Å². The molecule has 13 heteroatoms. The standard InChI is InChI=1S/C23H18ClF3N6O3/c1-31-20(18(23(25,26)27)19(30-31)16-3-2-4-17-28-7-8-33(16)17)21(35)29-12-5-6-14(15(24)9-12)22(36)32-10-13(34)11-32/h2-9,13,34H,10-11H2,1H3,(H,29,35). The van der Waals surface area contributed by atoms with Crippen molar-refractivity contribution in [2.75, 3.05) is 18.4 Å². The topological polar surface area (TPSA) is 105 Å². The van der Waals surface area contributed by atoms with Gasteiger partial charge in [-0.1, -0.05) is 17.7 Å². The molecule has 186 valence electrons. The fourth-order valence-corrected chi connectivity index (χ4v) is 4.38. The molecule has 1 aliphatic heterocycles. The number of aromatic nitrogens is 4. The number of amides is 2. The molecule has 2 N–H and O–H groups in total. The summed E-state index contributed by atoms with van der Waals surface area (Å²) in [6.45, 7) is 0.368. The SMILES string of the molecule is Cn1nc(-c2cccc3nccn23)c(C(F)(F)F)c1C(=O)Nc1ccc(C(=O)N2CC(O)C2)c(Cl)c1. The number of likely N-dealkylation sites (tertiary alicyclic amines) is 1.